The lowest BCUT2D eigenvalue weighted by atomic mass is 9.48. The van der Waals surface area contributed by atoms with Crippen LogP contribution < -0.4 is 9.47 Å². The molecule has 5 aliphatic rings. The van der Waals surface area contributed by atoms with Crippen LogP contribution in [0.5, 0.6) is 11.5 Å². The topological polar surface area (TPSA) is 85.4 Å². The van der Waals surface area contributed by atoms with Crippen LogP contribution in [0.1, 0.15) is 82.1 Å². The second-order valence-electron chi connectivity index (χ2n) is 14.5. The summed E-state index contributed by atoms with van der Waals surface area (Å²) in [6.45, 7) is 11.5. The molecule has 5 atom stereocenters. The highest BCUT2D eigenvalue weighted by molar-refractivity contribution is 5.94. The van der Waals surface area contributed by atoms with E-state index in [1.54, 1.807) is 0 Å². The van der Waals surface area contributed by atoms with E-state index in [1.165, 1.54) is 26.7 Å². The Kier molecular flexibility index (Phi) is 7.67. The van der Waals surface area contributed by atoms with Crippen molar-refractivity contribution in [2.45, 2.75) is 102 Å². The number of nitrogens with zero attached hydrogens (tertiary/aromatic N) is 2. The van der Waals surface area contributed by atoms with Crippen LogP contribution >= 0.6 is 0 Å². The van der Waals surface area contributed by atoms with Gasteiger partial charge in [-0.15, -0.1) is 0 Å². The fraction of sp³-hybridized carbons (Fsp3) is 0.553. The van der Waals surface area contributed by atoms with Crippen molar-refractivity contribution in [3.8, 4) is 23.3 Å². The number of piperidine rings is 1. The van der Waals surface area contributed by atoms with Crippen LogP contribution in [0.15, 0.2) is 36.4 Å². The molecular formula is C38H44N2O6. The van der Waals surface area contributed by atoms with Gasteiger partial charge in [-0.2, -0.15) is 0 Å². The Morgan fingerprint density at radius 2 is 1.89 bits per heavy atom. The third-order valence-electron chi connectivity index (χ3n) is 10.8. The zero-order chi connectivity index (χ0) is 32.4. The minimum Gasteiger partial charge on any atom is -0.483 e. The van der Waals surface area contributed by atoms with Crippen molar-refractivity contribution in [2.75, 3.05) is 19.6 Å². The van der Waals surface area contributed by atoms with Gasteiger partial charge in [0.05, 0.1) is 17.5 Å². The zero-order valence-corrected chi connectivity index (χ0v) is 27.6. The number of rotatable bonds is 7. The maximum Gasteiger partial charge on any atom is 0.308 e. The first-order valence-electron chi connectivity index (χ1n) is 16.9. The molecule has 0 radical (unpaired) electrons. The monoisotopic (exact) mass is 624 g/mol. The molecule has 46 heavy (non-hydrogen) atoms. The Hall–Kier alpha value is -3.83. The van der Waals surface area contributed by atoms with Crippen LogP contribution in [0.4, 0.5) is 0 Å². The number of hydrogen-bond donors (Lipinski definition) is 0. The molecule has 1 spiro atoms. The lowest BCUT2D eigenvalue weighted by Crippen LogP contribution is -2.79. The minimum atomic E-state index is -0.833. The van der Waals surface area contributed by atoms with Crippen LogP contribution in [0, 0.1) is 30.6 Å². The van der Waals surface area contributed by atoms with Crippen molar-refractivity contribution in [3.05, 3.63) is 58.7 Å². The fourth-order valence-electron chi connectivity index (χ4n) is 9.12. The fourth-order valence-corrected chi connectivity index (χ4v) is 9.12. The molecule has 1 amide bonds. The van der Waals surface area contributed by atoms with Crippen molar-refractivity contribution in [3.63, 3.8) is 0 Å². The normalized spacial score (nSPS) is 28.8. The highest BCUT2D eigenvalue weighted by atomic mass is 16.6. The third-order valence-corrected chi connectivity index (χ3v) is 10.8. The number of ether oxygens (including phenoxy) is 3. The van der Waals surface area contributed by atoms with Gasteiger partial charge in [-0.3, -0.25) is 19.3 Å². The standard InChI is InChI=1S/C38H44N2O6/c1-23(2)21-40(33(43)14-11-27-8-6-7-24(3)19-27)30-15-16-38(46-26(5)42)32-20-29-12-13-31(44-25(4)41)35-34(29)37(38,36(30)45-35)17-18-39(32)22-28-9-10-28/h6-8,12-13,19,23,28,30,32,36H,9-10,15-18,20-22H2,1-5H3/t30-,32+,36-,37-,38+/m0/s1. The summed E-state index contributed by atoms with van der Waals surface area (Å²) in [6.07, 6.45) is 4.63. The average molecular weight is 625 g/mol. The molecule has 3 fully saturated rings. The van der Waals surface area contributed by atoms with Gasteiger partial charge in [0.1, 0.15) is 11.7 Å². The molecule has 8 nitrogen and oxygen atoms in total. The van der Waals surface area contributed by atoms with Crippen molar-refractivity contribution < 1.29 is 28.6 Å². The smallest absolute Gasteiger partial charge is 0.308 e. The van der Waals surface area contributed by atoms with E-state index in [0.717, 1.165) is 41.8 Å². The first kappa shape index (κ1) is 30.8. The largest absolute Gasteiger partial charge is 0.483 e. The maximum atomic E-state index is 14.1. The second-order valence-corrected chi connectivity index (χ2v) is 14.5. The van der Waals surface area contributed by atoms with Crippen LogP contribution in [0.25, 0.3) is 0 Å². The number of amides is 1. The summed E-state index contributed by atoms with van der Waals surface area (Å²) in [7, 11) is 0. The number of hydrogen-bond acceptors (Lipinski definition) is 7. The highest BCUT2D eigenvalue weighted by Gasteiger charge is 2.76. The SMILES string of the molecule is CC(=O)Oc1ccc2c3c1O[C@H]1[C@@H](N(CC(C)C)C(=O)C#Cc4cccc(C)c4)CC[C@@]4(OC(C)=O)[C@@H](C2)N(CC2CC2)CC[C@]314. The molecule has 2 aromatic carbocycles. The van der Waals surface area contributed by atoms with Gasteiger partial charge in [-0.1, -0.05) is 38.0 Å². The predicted molar refractivity (Wildman–Crippen MR) is 172 cm³/mol. The van der Waals surface area contributed by atoms with Crippen molar-refractivity contribution in [1.29, 1.82) is 0 Å². The zero-order valence-electron chi connectivity index (χ0n) is 27.6. The number of carbonyl (C=O) groups excluding carboxylic acids is 3. The average Bonchev–Trinajstić information content (AvgIpc) is 3.74. The number of benzene rings is 2. The molecule has 2 heterocycles. The van der Waals surface area contributed by atoms with Gasteiger partial charge in [-0.25, -0.2) is 0 Å². The molecule has 2 bridgehead atoms. The van der Waals surface area contributed by atoms with Crippen molar-refractivity contribution in [1.82, 2.24) is 9.80 Å². The lowest BCUT2D eigenvalue weighted by molar-refractivity contribution is -0.224. The molecule has 2 aliphatic heterocycles. The molecule has 3 aliphatic carbocycles. The number of likely N-dealkylation sites (tertiary alicyclic amines) is 1. The first-order chi connectivity index (χ1) is 22.0. The van der Waals surface area contributed by atoms with Gasteiger partial charge >= 0.3 is 11.9 Å². The molecule has 8 heteroatoms. The molecule has 2 saturated carbocycles. The highest BCUT2D eigenvalue weighted by Crippen LogP contribution is 2.67. The van der Waals surface area contributed by atoms with Gasteiger partial charge in [0.2, 0.25) is 0 Å². The number of aryl methyl sites for hydroxylation is 1. The van der Waals surface area contributed by atoms with Gasteiger partial charge in [0.25, 0.3) is 5.91 Å². The molecule has 2 aromatic rings. The molecule has 0 aromatic heterocycles. The number of esters is 2. The summed E-state index contributed by atoms with van der Waals surface area (Å²) in [5.41, 5.74) is 2.48. The van der Waals surface area contributed by atoms with E-state index in [0.29, 0.717) is 43.2 Å². The molecule has 0 unspecified atom stereocenters. The lowest BCUT2D eigenvalue weighted by Gasteiger charge is -2.65. The van der Waals surface area contributed by atoms with Gasteiger partial charge < -0.3 is 19.1 Å². The Balaban J connectivity index is 1.36. The summed E-state index contributed by atoms with van der Waals surface area (Å²) in [5.74, 6) is 6.90. The van der Waals surface area contributed by atoms with E-state index in [9.17, 15) is 14.4 Å². The molecule has 1 saturated heterocycles. The van der Waals surface area contributed by atoms with Crippen molar-refractivity contribution in [2.24, 2.45) is 11.8 Å². The molecule has 242 valence electrons. The van der Waals surface area contributed by atoms with Gasteiger partial charge in [0.15, 0.2) is 11.5 Å². The summed E-state index contributed by atoms with van der Waals surface area (Å²) >= 11 is 0. The Bertz CT molecular complexity index is 1650. The molecule has 7 rings (SSSR count). The van der Waals surface area contributed by atoms with E-state index in [1.807, 2.05) is 42.2 Å². The van der Waals surface area contributed by atoms with Gasteiger partial charge in [-0.05, 0) is 93.2 Å². The maximum absolute atomic E-state index is 14.1. The van der Waals surface area contributed by atoms with E-state index in [-0.39, 0.29) is 29.9 Å². The molecular weight excluding hydrogens is 580 g/mol. The van der Waals surface area contributed by atoms with E-state index in [2.05, 4.69) is 36.7 Å². The summed E-state index contributed by atoms with van der Waals surface area (Å²) in [5, 5.41) is 0. The first-order valence-corrected chi connectivity index (χ1v) is 16.9. The third kappa shape index (κ3) is 4.99. The van der Waals surface area contributed by atoms with Crippen LogP contribution in [0.2, 0.25) is 0 Å². The summed E-state index contributed by atoms with van der Waals surface area (Å²) in [6, 6.07) is 11.4. The van der Waals surface area contributed by atoms with Gasteiger partial charge in [0, 0.05) is 44.0 Å². The predicted octanol–water partition coefficient (Wildman–Crippen LogP) is 4.96. The van der Waals surface area contributed by atoms with Crippen LogP contribution in [-0.2, 0) is 31.0 Å². The summed E-state index contributed by atoms with van der Waals surface area (Å²) in [4.78, 5) is 43.9. The Morgan fingerprint density at radius 1 is 1.09 bits per heavy atom. The van der Waals surface area contributed by atoms with Crippen LogP contribution in [0.3, 0.4) is 0 Å². The van der Waals surface area contributed by atoms with E-state index in [4.69, 9.17) is 14.2 Å². The Labute approximate surface area is 271 Å². The van der Waals surface area contributed by atoms with Crippen molar-refractivity contribution >= 4 is 17.8 Å². The Morgan fingerprint density at radius 3 is 2.59 bits per heavy atom. The van der Waals surface area contributed by atoms with E-state index < -0.39 is 23.1 Å². The second kappa shape index (κ2) is 11.5. The number of carbonyl (C=O) groups is 3. The van der Waals surface area contributed by atoms with E-state index >= 15 is 0 Å². The molecule has 0 N–H and O–H groups in total. The minimum absolute atomic E-state index is 0.00816. The quantitative estimate of drug-likeness (QED) is 0.245. The summed E-state index contributed by atoms with van der Waals surface area (Å²) < 4.78 is 19.4. The van der Waals surface area contributed by atoms with Crippen LogP contribution in [-0.4, -0.2) is 71.1 Å².